The lowest BCUT2D eigenvalue weighted by molar-refractivity contribution is 0.0108. The molecule has 84 valence electrons. The molecule has 3 nitrogen and oxygen atoms in total. The van der Waals surface area contributed by atoms with E-state index in [1.54, 1.807) is 0 Å². The van der Waals surface area contributed by atoms with Crippen molar-refractivity contribution in [1.82, 2.24) is 0 Å². The predicted octanol–water partition coefficient (Wildman–Crippen LogP) is 0.708. The van der Waals surface area contributed by atoms with E-state index in [4.69, 9.17) is 5.73 Å². The van der Waals surface area contributed by atoms with Gasteiger partial charge in [0.1, 0.15) is 17.7 Å². The summed E-state index contributed by atoms with van der Waals surface area (Å²) in [5.41, 5.74) is 4.65. The lowest BCUT2D eigenvalue weighted by Gasteiger charge is -2.18. The van der Waals surface area contributed by atoms with Gasteiger partial charge in [-0.3, -0.25) is 0 Å². The summed E-state index contributed by atoms with van der Waals surface area (Å²) in [6, 6.07) is 3.24. The quantitative estimate of drug-likeness (QED) is 0.695. The molecule has 5 heteroatoms. The number of hydrogen-bond acceptors (Lipinski definition) is 3. The van der Waals surface area contributed by atoms with E-state index in [0.29, 0.717) is 0 Å². The molecule has 0 aliphatic rings. The largest absolute Gasteiger partial charge is 0.390 e. The monoisotopic (exact) mass is 217 g/mol. The molecule has 2 unspecified atom stereocenters. The van der Waals surface area contributed by atoms with E-state index in [0.717, 1.165) is 12.1 Å². The Labute approximate surface area is 86.2 Å². The minimum atomic E-state index is -1.59. The van der Waals surface area contributed by atoms with Gasteiger partial charge in [-0.25, -0.2) is 8.78 Å². The van der Waals surface area contributed by atoms with Gasteiger partial charge in [-0.1, -0.05) is 6.07 Å². The van der Waals surface area contributed by atoms with Crippen LogP contribution in [0.3, 0.4) is 0 Å². The molecule has 0 aliphatic carbocycles. The van der Waals surface area contributed by atoms with Crippen LogP contribution in [0.15, 0.2) is 18.2 Å². The maximum absolute atomic E-state index is 13.2. The highest BCUT2D eigenvalue weighted by Gasteiger charge is 2.24. The number of halogens is 2. The van der Waals surface area contributed by atoms with Crippen LogP contribution in [0.4, 0.5) is 8.78 Å². The van der Waals surface area contributed by atoms with Crippen molar-refractivity contribution >= 4 is 0 Å². The van der Waals surface area contributed by atoms with Gasteiger partial charge >= 0.3 is 0 Å². The van der Waals surface area contributed by atoms with Crippen LogP contribution in [-0.4, -0.2) is 22.9 Å². The molecule has 0 fully saturated rings. The lowest BCUT2D eigenvalue weighted by atomic mass is 10.0. The van der Waals surface area contributed by atoms with Crippen LogP contribution in [0.1, 0.15) is 18.1 Å². The summed E-state index contributed by atoms with van der Waals surface area (Å²) in [6.07, 6.45) is -2.77. The van der Waals surface area contributed by atoms with Crippen LogP contribution in [-0.2, 0) is 0 Å². The summed E-state index contributed by atoms with van der Waals surface area (Å²) in [4.78, 5) is 0. The zero-order valence-corrected chi connectivity index (χ0v) is 8.03. The Bertz CT molecular complexity index is 313. The van der Waals surface area contributed by atoms with Crippen molar-refractivity contribution in [2.75, 3.05) is 6.54 Å². The van der Waals surface area contributed by atoms with Gasteiger partial charge in [-0.05, 0) is 25.1 Å². The zero-order valence-electron chi connectivity index (χ0n) is 8.03. The molecular formula is C10H13F2NO2. The van der Waals surface area contributed by atoms with E-state index in [-0.39, 0.29) is 13.0 Å². The summed E-state index contributed by atoms with van der Waals surface area (Å²) in [7, 11) is 0. The van der Waals surface area contributed by atoms with E-state index >= 15 is 0 Å². The van der Waals surface area contributed by atoms with Gasteiger partial charge in [-0.15, -0.1) is 0 Å². The van der Waals surface area contributed by atoms with E-state index in [9.17, 15) is 19.0 Å². The molecule has 0 aromatic heterocycles. The fraction of sp³-hybridized carbons (Fsp3) is 0.400. The van der Waals surface area contributed by atoms with E-state index in [1.165, 1.54) is 6.07 Å². The second kappa shape index (κ2) is 5.16. The number of benzene rings is 1. The predicted molar refractivity (Wildman–Crippen MR) is 51.0 cm³/mol. The van der Waals surface area contributed by atoms with Crippen molar-refractivity contribution in [3.8, 4) is 0 Å². The smallest absolute Gasteiger partial charge is 0.132 e. The van der Waals surface area contributed by atoms with Crippen LogP contribution >= 0.6 is 0 Å². The number of aliphatic hydroxyl groups excluding tert-OH is 2. The molecule has 0 amide bonds. The second-order valence-corrected chi connectivity index (χ2v) is 3.22. The second-order valence-electron chi connectivity index (χ2n) is 3.22. The Morgan fingerprint density at radius 2 is 1.73 bits per heavy atom. The Kier molecular flexibility index (Phi) is 4.14. The van der Waals surface area contributed by atoms with E-state index in [1.807, 2.05) is 0 Å². The molecule has 0 saturated carbocycles. The Hall–Kier alpha value is -1.04. The van der Waals surface area contributed by atoms with E-state index < -0.39 is 29.4 Å². The molecule has 1 aromatic rings. The van der Waals surface area contributed by atoms with Gasteiger partial charge in [0.05, 0.1) is 11.7 Å². The van der Waals surface area contributed by atoms with Crippen molar-refractivity contribution in [1.29, 1.82) is 0 Å². The highest BCUT2D eigenvalue weighted by atomic mass is 19.1. The van der Waals surface area contributed by atoms with Gasteiger partial charge in [0, 0.05) is 0 Å². The molecule has 0 aliphatic heterocycles. The molecule has 1 rings (SSSR count). The zero-order chi connectivity index (χ0) is 11.4. The third-order valence-electron chi connectivity index (χ3n) is 2.12. The van der Waals surface area contributed by atoms with Crippen LogP contribution in [0.5, 0.6) is 0 Å². The number of rotatable bonds is 4. The summed E-state index contributed by atoms with van der Waals surface area (Å²) in [5.74, 6) is -1.75. The molecule has 0 spiro atoms. The average Bonchev–Trinajstić information content (AvgIpc) is 2.17. The van der Waals surface area contributed by atoms with Crippen LogP contribution in [0.25, 0.3) is 0 Å². The van der Waals surface area contributed by atoms with Crippen molar-refractivity contribution in [2.24, 2.45) is 5.73 Å². The van der Waals surface area contributed by atoms with Crippen LogP contribution in [0.2, 0.25) is 0 Å². The first-order chi connectivity index (χ1) is 7.07. The molecule has 2 atom stereocenters. The van der Waals surface area contributed by atoms with Crippen molar-refractivity contribution in [3.63, 3.8) is 0 Å². The standard InChI is InChI=1S/C10H13F2NO2/c11-6-2-1-3-7(12)9(6)10(15)8(14)4-5-13/h1-3,8,10,14-15H,4-5,13H2. The Morgan fingerprint density at radius 3 is 2.20 bits per heavy atom. The summed E-state index contributed by atoms with van der Waals surface area (Å²) in [6.45, 7) is 0.133. The molecule has 4 N–H and O–H groups in total. The highest BCUT2D eigenvalue weighted by molar-refractivity contribution is 5.22. The molecule has 0 heterocycles. The first kappa shape index (κ1) is 12.0. The fourth-order valence-electron chi connectivity index (χ4n) is 1.31. The third-order valence-corrected chi connectivity index (χ3v) is 2.12. The average molecular weight is 217 g/mol. The van der Waals surface area contributed by atoms with Crippen LogP contribution in [0, 0.1) is 11.6 Å². The van der Waals surface area contributed by atoms with Crippen molar-refractivity contribution in [2.45, 2.75) is 18.6 Å². The topological polar surface area (TPSA) is 66.5 Å². The number of hydrogen-bond donors (Lipinski definition) is 3. The summed E-state index contributed by atoms with van der Waals surface area (Å²) >= 11 is 0. The maximum Gasteiger partial charge on any atom is 0.132 e. The van der Waals surface area contributed by atoms with Gasteiger partial charge in [0.2, 0.25) is 0 Å². The third kappa shape index (κ3) is 2.71. The minimum absolute atomic E-state index is 0.0783. The molecule has 15 heavy (non-hydrogen) atoms. The molecule has 0 radical (unpaired) electrons. The fourth-order valence-corrected chi connectivity index (χ4v) is 1.31. The van der Waals surface area contributed by atoms with Gasteiger partial charge in [0.15, 0.2) is 0 Å². The lowest BCUT2D eigenvalue weighted by Crippen LogP contribution is -2.23. The molecule has 0 bridgehead atoms. The van der Waals surface area contributed by atoms with Crippen molar-refractivity contribution in [3.05, 3.63) is 35.4 Å². The van der Waals surface area contributed by atoms with Crippen molar-refractivity contribution < 1.29 is 19.0 Å². The van der Waals surface area contributed by atoms with Gasteiger partial charge < -0.3 is 15.9 Å². The first-order valence-corrected chi connectivity index (χ1v) is 4.58. The minimum Gasteiger partial charge on any atom is -0.390 e. The summed E-state index contributed by atoms with van der Waals surface area (Å²) in [5, 5.41) is 18.9. The SMILES string of the molecule is NCCC(O)C(O)c1c(F)cccc1F. The Balaban J connectivity index is 2.94. The van der Waals surface area contributed by atoms with Gasteiger partial charge in [0.25, 0.3) is 0 Å². The Morgan fingerprint density at radius 1 is 1.20 bits per heavy atom. The van der Waals surface area contributed by atoms with E-state index in [2.05, 4.69) is 0 Å². The van der Waals surface area contributed by atoms with Crippen LogP contribution < -0.4 is 5.73 Å². The maximum atomic E-state index is 13.2. The first-order valence-electron chi connectivity index (χ1n) is 4.58. The normalized spacial score (nSPS) is 15.0. The summed E-state index contributed by atoms with van der Waals surface area (Å²) < 4.78 is 26.3. The molecular weight excluding hydrogens is 204 g/mol. The van der Waals surface area contributed by atoms with Gasteiger partial charge in [-0.2, -0.15) is 0 Å². The number of nitrogens with two attached hydrogens (primary N) is 1. The number of aliphatic hydroxyl groups is 2. The molecule has 1 aromatic carbocycles. The molecule has 0 saturated heterocycles. The highest BCUT2D eigenvalue weighted by Crippen LogP contribution is 2.24.